The minimum atomic E-state index is -3.69. The quantitative estimate of drug-likeness (QED) is 0.135. The molecule has 0 unspecified atom stereocenters. The molecule has 2 N–H and O–H groups in total. The Kier molecular flexibility index (Phi) is 12.6. The van der Waals surface area contributed by atoms with Gasteiger partial charge in [-0.2, -0.15) is 0 Å². The third-order valence-corrected chi connectivity index (χ3v) is 8.04. The maximum absolute atomic E-state index is 12.8. The number of ether oxygens (including phenoxy) is 2. The van der Waals surface area contributed by atoms with Gasteiger partial charge in [0.15, 0.2) is 9.84 Å². The van der Waals surface area contributed by atoms with E-state index in [4.69, 9.17) is 19.7 Å². The highest BCUT2D eigenvalue weighted by molar-refractivity contribution is 7.89. The van der Waals surface area contributed by atoms with E-state index in [1.165, 1.54) is 29.8 Å². The molecule has 3 rings (SSSR count). The molecule has 0 radical (unpaired) electrons. The van der Waals surface area contributed by atoms with Gasteiger partial charge < -0.3 is 19.7 Å². The van der Waals surface area contributed by atoms with Crippen LogP contribution in [0.25, 0.3) is 6.08 Å². The highest BCUT2D eigenvalue weighted by Crippen LogP contribution is 2.22. The van der Waals surface area contributed by atoms with Crippen molar-refractivity contribution in [3.63, 3.8) is 0 Å². The normalized spacial score (nSPS) is 11.5. The van der Waals surface area contributed by atoms with Crippen LogP contribution in [-0.4, -0.2) is 49.3 Å². The number of carboxylic acids is 2. The largest absolute Gasteiger partial charge is 0.497 e. The lowest BCUT2D eigenvalue weighted by Gasteiger charge is -2.11. The summed E-state index contributed by atoms with van der Waals surface area (Å²) in [4.78, 5) is 26.6. The molecule has 1 heterocycles. The van der Waals surface area contributed by atoms with Crippen molar-refractivity contribution in [2.75, 3.05) is 13.7 Å². The molecule has 0 aliphatic heterocycles. The molecule has 0 bridgehead atoms. The van der Waals surface area contributed by atoms with Gasteiger partial charge in [-0.3, -0.25) is 0 Å². The molecule has 42 heavy (non-hydrogen) atoms. The summed E-state index contributed by atoms with van der Waals surface area (Å²) >= 11 is 0. The van der Waals surface area contributed by atoms with Crippen molar-refractivity contribution in [3.05, 3.63) is 94.8 Å². The molecule has 224 valence electrons. The second kappa shape index (κ2) is 16.3. The summed E-state index contributed by atoms with van der Waals surface area (Å²) in [6.45, 7) is 0.430. The van der Waals surface area contributed by atoms with Crippen molar-refractivity contribution in [2.45, 2.75) is 56.5 Å². The highest BCUT2D eigenvalue weighted by Gasteiger charge is 2.17. The molecule has 0 saturated carbocycles. The molecule has 0 spiro atoms. The topological polar surface area (TPSA) is 140 Å². The molecule has 1 aromatic heterocycles. The number of sulfone groups is 1. The number of methoxy groups -OCH3 is 1. The number of hydrogen-bond donors (Lipinski definition) is 2. The zero-order valence-corrected chi connectivity index (χ0v) is 24.5. The van der Waals surface area contributed by atoms with Crippen LogP contribution in [0.15, 0.2) is 66.7 Å². The van der Waals surface area contributed by atoms with Crippen LogP contribution in [0.4, 0.5) is 0 Å². The van der Waals surface area contributed by atoms with E-state index in [-0.39, 0.29) is 22.7 Å². The van der Waals surface area contributed by atoms with Gasteiger partial charge in [-0.05, 0) is 72.9 Å². The number of nitrogens with zero attached hydrogens (tertiary/aromatic N) is 1. The van der Waals surface area contributed by atoms with Gasteiger partial charge in [0.25, 0.3) is 0 Å². The third kappa shape index (κ3) is 11.4. The lowest BCUT2D eigenvalue weighted by Crippen LogP contribution is -2.10. The fourth-order valence-corrected chi connectivity index (χ4v) is 5.81. The van der Waals surface area contributed by atoms with Crippen LogP contribution >= 0.6 is 0 Å². The molecule has 0 aliphatic rings. The van der Waals surface area contributed by atoms with Crippen LogP contribution in [0.5, 0.6) is 11.5 Å². The van der Waals surface area contributed by atoms with Crippen molar-refractivity contribution < 1.29 is 37.7 Å². The summed E-state index contributed by atoms with van der Waals surface area (Å²) < 4.78 is 36.7. The molecule has 0 atom stereocenters. The van der Waals surface area contributed by atoms with E-state index < -0.39 is 27.5 Å². The third-order valence-electron chi connectivity index (χ3n) is 6.53. The first-order valence-electron chi connectivity index (χ1n) is 13.8. The van der Waals surface area contributed by atoms with Crippen molar-refractivity contribution in [1.29, 1.82) is 0 Å². The summed E-state index contributed by atoms with van der Waals surface area (Å²) in [6, 6.07) is 17.1. The molecular weight excluding hydrogens is 558 g/mol. The Morgan fingerprint density at radius 2 is 1.57 bits per heavy atom. The second-order valence-electron chi connectivity index (χ2n) is 9.96. The molecule has 2 aromatic carbocycles. The number of rotatable bonds is 18. The summed E-state index contributed by atoms with van der Waals surface area (Å²) in [5, 5.41) is 18.2. The molecule has 9 nitrogen and oxygen atoms in total. The van der Waals surface area contributed by atoms with Crippen LogP contribution in [0.2, 0.25) is 0 Å². The van der Waals surface area contributed by atoms with Crippen LogP contribution in [-0.2, 0) is 32.6 Å². The molecule has 0 saturated heterocycles. The summed E-state index contributed by atoms with van der Waals surface area (Å²) in [6.07, 6.45) is 9.57. The summed E-state index contributed by atoms with van der Waals surface area (Å²) in [7, 11) is -2.02. The molecule has 0 amide bonds. The highest BCUT2D eigenvalue weighted by atomic mass is 32.2. The van der Waals surface area contributed by atoms with Gasteiger partial charge in [-0.25, -0.2) is 23.0 Å². The predicted molar refractivity (Wildman–Crippen MR) is 161 cm³/mol. The van der Waals surface area contributed by atoms with Gasteiger partial charge in [0.2, 0.25) is 0 Å². The fraction of sp³-hybridized carbons (Fsp3) is 0.344. The lowest BCUT2D eigenvalue weighted by molar-refractivity contribution is -0.131. The van der Waals surface area contributed by atoms with Crippen molar-refractivity contribution in [3.8, 4) is 11.5 Å². The van der Waals surface area contributed by atoms with E-state index in [0.717, 1.165) is 56.8 Å². The number of aliphatic carboxylic acids is 1. The number of pyridine rings is 1. The van der Waals surface area contributed by atoms with Gasteiger partial charge in [0.05, 0.1) is 36.5 Å². The standard InChI is InChI=1S/C32H37NO8S/c1-40-28-15-12-24(13-16-28)9-6-4-2-3-5-7-20-41-30-18-14-27(33-29(30)17-19-31(34)35)23-42(38,39)22-25-10-8-11-26(21-25)32(36)37/h8,10-19,21H,2-7,9,20,22-23H2,1H3,(H,34,35)(H,36,37)/b19-17+. The van der Waals surface area contributed by atoms with Gasteiger partial charge in [-0.15, -0.1) is 0 Å². The van der Waals surface area contributed by atoms with E-state index in [1.54, 1.807) is 25.3 Å². The number of aromatic nitrogens is 1. The number of aromatic carboxylic acids is 1. The smallest absolute Gasteiger partial charge is 0.335 e. The Labute approximate surface area is 246 Å². The van der Waals surface area contributed by atoms with Gasteiger partial charge in [0, 0.05) is 6.08 Å². The van der Waals surface area contributed by atoms with Gasteiger partial charge in [0.1, 0.15) is 17.2 Å². The first kappa shape index (κ1) is 32.3. The second-order valence-corrected chi connectivity index (χ2v) is 12.0. The van der Waals surface area contributed by atoms with Crippen LogP contribution < -0.4 is 9.47 Å². The van der Waals surface area contributed by atoms with E-state index in [9.17, 15) is 18.0 Å². The number of unbranched alkanes of at least 4 members (excludes halogenated alkanes) is 5. The van der Waals surface area contributed by atoms with Gasteiger partial charge in [-0.1, -0.05) is 49.9 Å². The Morgan fingerprint density at radius 1 is 0.857 bits per heavy atom. The molecule has 0 fully saturated rings. The van der Waals surface area contributed by atoms with Crippen molar-refractivity contribution >= 4 is 27.9 Å². The average molecular weight is 596 g/mol. The maximum atomic E-state index is 12.8. The monoisotopic (exact) mass is 595 g/mol. The number of benzene rings is 2. The molecule has 0 aliphatic carbocycles. The minimum Gasteiger partial charge on any atom is -0.497 e. The summed E-state index contributed by atoms with van der Waals surface area (Å²) in [5.74, 6) is -1.80. The SMILES string of the molecule is COc1ccc(CCCCCCCCOc2ccc(CS(=O)(=O)Cc3cccc(C(=O)O)c3)nc2/C=C/C(=O)O)cc1. The fourth-order valence-electron chi connectivity index (χ4n) is 4.41. The number of aryl methyl sites for hydroxylation is 1. The van der Waals surface area contributed by atoms with Gasteiger partial charge >= 0.3 is 11.9 Å². The van der Waals surface area contributed by atoms with E-state index in [1.807, 2.05) is 12.1 Å². The first-order chi connectivity index (χ1) is 20.1. The van der Waals surface area contributed by atoms with Crippen LogP contribution in [0.1, 0.15) is 71.4 Å². The molecular formula is C32H37NO8S. The lowest BCUT2D eigenvalue weighted by atomic mass is 10.0. The predicted octanol–water partition coefficient (Wildman–Crippen LogP) is 5.96. The van der Waals surface area contributed by atoms with Crippen molar-refractivity contribution in [2.24, 2.45) is 0 Å². The number of carbonyl (C=O) groups is 2. The van der Waals surface area contributed by atoms with Crippen LogP contribution in [0, 0.1) is 0 Å². The summed E-state index contributed by atoms with van der Waals surface area (Å²) in [5.41, 5.74) is 2.14. The first-order valence-corrected chi connectivity index (χ1v) is 15.7. The van der Waals surface area contributed by atoms with E-state index in [2.05, 4.69) is 17.1 Å². The van der Waals surface area contributed by atoms with Crippen molar-refractivity contribution in [1.82, 2.24) is 4.98 Å². The Morgan fingerprint density at radius 3 is 2.26 bits per heavy atom. The molecule has 3 aromatic rings. The Balaban J connectivity index is 1.47. The van der Waals surface area contributed by atoms with Crippen LogP contribution in [0.3, 0.4) is 0 Å². The minimum absolute atomic E-state index is 0.00754. The Hall–Kier alpha value is -4.18. The maximum Gasteiger partial charge on any atom is 0.335 e. The number of hydrogen-bond acceptors (Lipinski definition) is 7. The zero-order chi connectivity index (χ0) is 30.4. The average Bonchev–Trinajstić information content (AvgIpc) is 2.95. The van der Waals surface area contributed by atoms with E-state index >= 15 is 0 Å². The number of carboxylic acid groups (broad SMARTS) is 2. The Bertz CT molecular complexity index is 1470. The van der Waals surface area contributed by atoms with E-state index in [0.29, 0.717) is 17.9 Å². The molecule has 10 heteroatoms. The zero-order valence-electron chi connectivity index (χ0n) is 23.7.